The number of nitrogens with one attached hydrogen (secondary N) is 2. The maximum atomic E-state index is 12.2. The Kier molecular flexibility index (Phi) is 10.3. The van der Waals surface area contributed by atoms with Gasteiger partial charge < -0.3 is 9.84 Å². The lowest BCUT2D eigenvalue weighted by Crippen LogP contribution is -2.51. The first-order chi connectivity index (χ1) is 12.6. The summed E-state index contributed by atoms with van der Waals surface area (Å²) < 4.78 is 5.26. The maximum Gasteiger partial charge on any atom is 0.426 e. The molecular weight excluding hydrogens is 370 g/mol. The highest BCUT2D eigenvalue weighted by molar-refractivity contribution is 5.85. The highest BCUT2D eigenvalue weighted by atomic mass is 35.5. The predicted molar refractivity (Wildman–Crippen MR) is 105 cm³/mol. The second-order valence-corrected chi connectivity index (χ2v) is 6.53. The van der Waals surface area contributed by atoms with Crippen molar-refractivity contribution < 1.29 is 19.4 Å². The Morgan fingerprint density at radius 2 is 1.96 bits per heavy atom. The monoisotopic (exact) mass is 397 g/mol. The van der Waals surface area contributed by atoms with Crippen molar-refractivity contribution in [1.82, 2.24) is 10.4 Å². The SMILES string of the molecule is Cl.N=C1CCCCC(CCCCC(=O)O)N1NC(=O)OCc1ccccc1. The predicted octanol–water partition coefficient (Wildman–Crippen LogP) is 4.12. The molecule has 1 fully saturated rings. The van der Waals surface area contributed by atoms with Gasteiger partial charge in [-0.3, -0.25) is 15.2 Å². The van der Waals surface area contributed by atoms with Gasteiger partial charge in [0.1, 0.15) is 12.4 Å². The zero-order valence-corrected chi connectivity index (χ0v) is 16.2. The average Bonchev–Trinajstić information content (AvgIpc) is 2.80. The largest absolute Gasteiger partial charge is 0.481 e. The van der Waals surface area contributed by atoms with Crippen molar-refractivity contribution in [3.63, 3.8) is 0 Å². The smallest absolute Gasteiger partial charge is 0.426 e. The lowest BCUT2D eigenvalue weighted by Gasteiger charge is -2.31. The molecule has 0 aromatic heterocycles. The molecule has 1 aromatic carbocycles. The van der Waals surface area contributed by atoms with E-state index in [0.29, 0.717) is 18.7 Å². The molecule has 7 nitrogen and oxygen atoms in total. The molecule has 0 saturated carbocycles. The molecule has 1 heterocycles. The van der Waals surface area contributed by atoms with E-state index in [2.05, 4.69) is 5.43 Å². The van der Waals surface area contributed by atoms with Gasteiger partial charge in [0.05, 0.1) is 6.04 Å². The van der Waals surface area contributed by atoms with Crippen molar-refractivity contribution in [1.29, 1.82) is 5.41 Å². The fourth-order valence-electron chi connectivity index (χ4n) is 3.08. The van der Waals surface area contributed by atoms with Crippen molar-refractivity contribution in [3.8, 4) is 0 Å². The molecule has 1 atom stereocenters. The van der Waals surface area contributed by atoms with Crippen LogP contribution in [0.2, 0.25) is 0 Å². The first-order valence-electron chi connectivity index (χ1n) is 9.12. The number of carboxylic acid groups (broad SMARTS) is 1. The number of aliphatic carboxylic acids is 1. The molecule has 0 aliphatic carbocycles. The van der Waals surface area contributed by atoms with E-state index in [4.69, 9.17) is 15.3 Å². The van der Waals surface area contributed by atoms with Gasteiger partial charge in [-0.2, -0.15) is 0 Å². The van der Waals surface area contributed by atoms with Crippen LogP contribution in [-0.4, -0.2) is 34.1 Å². The zero-order chi connectivity index (χ0) is 18.8. The molecule has 1 aliphatic rings. The Morgan fingerprint density at radius 3 is 2.67 bits per heavy atom. The number of hydrogen-bond donors (Lipinski definition) is 3. The third-order valence-corrected chi connectivity index (χ3v) is 4.46. The van der Waals surface area contributed by atoms with E-state index in [-0.39, 0.29) is 31.5 Å². The number of rotatable bonds is 8. The third kappa shape index (κ3) is 8.30. The summed E-state index contributed by atoms with van der Waals surface area (Å²) in [5, 5.41) is 18.6. The van der Waals surface area contributed by atoms with E-state index in [0.717, 1.165) is 37.7 Å². The van der Waals surface area contributed by atoms with Crippen LogP contribution in [0.1, 0.15) is 56.9 Å². The van der Waals surface area contributed by atoms with Crippen molar-refractivity contribution in [3.05, 3.63) is 35.9 Å². The summed E-state index contributed by atoms with van der Waals surface area (Å²) in [5.41, 5.74) is 3.61. The van der Waals surface area contributed by atoms with Gasteiger partial charge in [-0.25, -0.2) is 10.2 Å². The van der Waals surface area contributed by atoms with Crippen LogP contribution in [-0.2, 0) is 16.1 Å². The number of carbonyl (C=O) groups is 2. The summed E-state index contributed by atoms with van der Waals surface area (Å²) in [6, 6.07) is 9.43. The van der Waals surface area contributed by atoms with Crippen molar-refractivity contribution in [2.75, 3.05) is 0 Å². The van der Waals surface area contributed by atoms with Gasteiger partial charge in [0.15, 0.2) is 0 Å². The molecule has 1 amide bonds. The second-order valence-electron chi connectivity index (χ2n) is 6.53. The van der Waals surface area contributed by atoms with Crippen LogP contribution in [0.25, 0.3) is 0 Å². The lowest BCUT2D eigenvalue weighted by atomic mass is 10.0. The summed E-state index contributed by atoms with van der Waals surface area (Å²) in [4.78, 5) is 22.8. The standard InChI is InChI=1S/C19H27N3O4.ClH/c20-17-12-6-4-10-16(11-5-7-13-18(23)24)22(17)21-19(25)26-14-15-8-2-1-3-9-15;/h1-3,8-9,16,20H,4-7,10-14H2,(H,21,25)(H,23,24);1H. The minimum absolute atomic E-state index is 0. The average molecular weight is 398 g/mol. The Bertz CT molecular complexity index is 612. The number of hydrazine groups is 1. The second kappa shape index (κ2) is 12.2. The number of amidine groups is 1. The zero-order valence-electron chi connectivity index (χ0n) is 15.4. The highest BCUT2D eigenvalue weighted by Crippen LogP contribution is 2.21. The van der Waals surface area contributed by atoms with Crippen LogP contribution in [0.15, 0.2) is 30.3 Å². The van der Waals surface area contributed by atoms with E-state index in [1.165, 1.54) is 0 Å². The summed E-state index contributed by atoms with van der Waals surface area (Å²) in [6.07, 6.45) is 5.07. The Morgan fingerprint density at radius 1 is 1.22 bits per heavy atom. The van der Waals surface area contributed by atoms with Crippen LogP contribution in [0.5, 0.6) is 0 Å². The fourth-order valence-corrected chi connectivity index (χ4v) is 3.08. The number of benzene rings is 1. The maximum absolute atomic E-state index is 12.2. The lowest BCUT2D eigenvalue weighted by molar-refractivity contribution is -0.137. The Labute approximate surface area is 166 Å². The fraction of sp³-hybridized carbons (Fsp3) is 0.526. The van der Waals surface area contributed by atoms with Crippen molar-refractivity contribution in [2.24, 2.45) is 0 Å². The van der Waals surface area contributed by atoms with Gasteiger partial charge in [-0.05, 0) is 31.2 Å². The molecule has 1 aromatic rings. The number of nitrogens with zero attached hydrogens (tertiary/aromatic N) is 1. The molecule has 1 saturated heterocycles. The topological polar surface area (TPSA) is 103 Å². The Hall–Kier alpha value is -2.28. The Balaban J connectivity index is 0.00000364. The first-order valence-corrected chi connectivity index (χ1v) is 9.12. The molecule has 150 valence electrons. The van der Waals surface area contributed by atoms with Crippen LogP contribution in [0.3, 0.4) is 0 Å². The van der Waals surface area contributed by atoms with Gasteiger partial charge in [0, 0.05) is 12.8 Å². The van der Waals surface area contributed by atoms with E-state index in [9.17, 15) is 9.59 Å². The molecule has 2 rings (SSSR count). The quantitative estimate of drug-likeness (QED) is 0.572. The van der Waals surface area contributed by atoms with E-state index in [1.807, 2.05) is 30.3 Å². The molecule has 0 bridgehead atoms. The van der Waals surface area contributed by atoms with E-state index >= 15 is 0 Å². The van der Waals surface area contributed by atoms with E-state index < -0.39 is 12.1 Å². The minimum Gasteiger partial charge on any atom is -0.481 e. The number of carboxylic acids is 1. The van der Waals surface area contributed by atoms with Crippen LogP contribution >= 0.6 is 12.4 Å². The number of halogens is 1. The summed E-state index contributed by atoms with van der Waals surface area (Å²) in [5.74, 6) is -0.416. The first kappa shape index (κ1) is 22.8. The molecular formula is C19H28ClN3O4. The van der Waals surface area contributed by atoms with Gasteiger partial charge in [0.2, 0.25) is 0 Å². The molecule has 1 aliphatic heterocycles. The number of carbonyl (C=O) groups excluding carboxylic acids is 1. The molecule has 8 heteroatoms. The van der Waals surface area contributed by atoms with Crippen molar-refractivity contribution >= 4 is 30.3 Å². The van der Waals surface area contributed by atoms with Gasteiger partial charge in [-0.1, -0.05) is 43.2 Å². The van der Waals surface area contributed by atoms with Crippen LogP contribution < -0.4 is 5.43 Å². The normalized spacial score (nSPS) is 16.8. The third-order valence-electron chi connectivity index (χ3n) is 4.46. The van der Waals surface area contributed by atoms with Gasteiger partial charge >= 0.3 is 12.1 Å². The van der Waals surface area contributed by atoms with Gasteiger partial charge in [0.25, 0.3) is 0 Å². The van der Waals surface area contributed by atoms with Gasteiger partial charge in [-0.15, -0.1) is 12.4 Å². The number of amides is 1. The number of unbranched alkanes of at least 4 members (excludes halogenated alkanes) is 1. The number of hydrogen-bond acceptors (Lipinski definition) is 4. The van der Waals surface area contributed by atoms with Crippen LogP contribution in [0, 0.1) is 5.41 Å². The molecule has 1 unspecified atom stereocenters. The summed E-state index contributed by atoms with van der Waals surface area (Å²) >= 11 is 0. The molecule has 0 spiro atoms. The molecule has 3 N–H and O–H groups in total. The van der Waals surface area contributed by atoms with E-state index in [1.54, 1.807) is 5.01 Å². The minimum atomic E-state index is -0.793. The van der Waals surface area contributed by atoms with Crippen LogP contribution in [0.4, 0.5) is 4.79 Å². The number of ether oxygens (including phenoxy) is 1. The summed E-state index contributed by atoms with van der Waals surface area (Å²) in [6.45, 7) is 0.178. The summed E-state index contributed by atoms with van der Waals surface area (Å²) in [7, 11) is 0. The van der Waals surface area contributed by atoms with Crippen molar-refractivity contribution in [2.45, 2.75) is 64.0 Å². The highest BCUT2D eigenvalue weighted by Gasteiger charge is 2.25. The molecule has 27 heavy (non-hydrogen) atoms. The molecule has 0 radical (unpaired) electrons.